The molecule has 2 atom stereocenters. The minimum absolute atomic E-state index is 0.159. The Kier molecular flexibility index (Phi) is 5.22. The largest absolute Gasteiger partial charge is 0.353 e. The highest BCUT2D eigenvalue weighted by Gasteiger charge is 2.28. The van der Waals surface area contributed by atoms with Crippen LogP contribution < -0.4 is 11.1 Å². The maximum absolute atomic E-state index is 12.2. The summed E-state index contributed by atoms with van der Waals surface area (Å²) in [5, 5.41) is 3.25. The Morgan fingerprint density at radius 3 is 2.47 bits per heavy atom. The zero-order valence-electron chi connectivity index (χ0n) is 12.4. The molecule has 1 saturated carbocycles. The molecule has 1 aliphatic heterocycles. The van der Waals surface area contributed by atoms with Crippen molar-refractivity contribution in [1.82, 2.24) is 10.2 Å². The fourth-order valence-electron chi connectivity index (χ4n) is 3.34. The highest BCUT2D eigenvalue weighted by molar-refractivity contribution is 5.79. The second-order valence-electron chi connectivity index (χ2n) is 6.54. The third-order valence-electron chi connectivity index (χ3n) is 4.69. The first-order valence-electron chi connectivity index (χ1n) is 7.86. The highest BCUT2D eigenvalue weighted by Crippen LogP contribution is 2.24. The van der Waals surface area contributed by atoms with Gasteiger partial charge in [0.25, 0.3) is 0 Å². The van der Waals surface area contributed by atoms with Crippen molar-refractivity contribution in [2.24, 2.45) is 11.7 Å². The first kappa shape index (κ1) is 14.8. The van der Waals surface area contributed by atoms with Crippen molar-refractivity contribution >= 4 is 5.91 Å². The molecular weight excluding hydrogens is 238 g/mol. The number of nitrogens with two attached hydrogens (primary N) is 1. The molecule has 0 aromatic carbocycles. The number of hydrogen-bond donors (Lipinski definition) is 2. The van der Waals surface area contributed by atoms with Gasteiger partial charge >= 0.3 is 0 Å². The summed E-state index contributed by atoms with van der Waals surface area (Å²) in [7, 11) is 0. The molecule has 0 radical (unpaired) electrons. The van der Waals surface area contributed by atoms with Crippen LogP contribution in [-0.4, -0.2) is 42.0 Å². The van der Waals surface area contributed by atoms with Crippen LogP contribution in [0.4, 0.5) is 0 Å². The Labute approximate surface area is 117 Å². The lowest BCUT2D eigenvalue weighted by Gasteiger charge is -2.36. The summed E-state index contributed by atoms with van der Waals surface area (Å²) < 4.78 is 0. The molecule has 1 heterocycles. The number of carbonyl (C=O) groups is 1. The van der Waals surface area contributed by atoms with Crippen LogP contribution in [0.1, 0.15) is 52.4 Å². The first-order valence-corrected chi connectivity index (χ1v) is 7.86. The van der Waals surface area contributed by atoms with Crippen LogP contribution in [0.2, 0.25) is 0 Å². The van der Waals surface area contributed by atoms with E-state index in [4.69, 9.17) is 5.73 Å². The molecule has 1 saturated heterocycles. The zero-order chi connectivity index (χ0) is 13.8. The third-order valence-corrected chi connectivity index (χ3v) is 4.69. The van der Waals surface area contributed by atoms with E-state index in [0.717, 1.165) is 51.6 Å². The van der Waals surface area contributed by atoms with Gasteiger partial charge in [-0.3, -0.25) is 4.79 Å². The lowest BCUT2D eigenvalue weighted by atomic mass is 9.85. The number of likely N-dealkylation sites (tertiary alicyclic amines) is 1. The highest BCUT2D eigenvalue weighted by atomic mass is 16.1. The number of rotatable bonds is 3. The lowest BCUT2D eigenvalue weighted by Crippen LogP contribution is -2.48. The van der Waals surface area contributed by atoms with E-state index in [0.29, 0.717) is 12.1 Å². The topological polar surface area (TPSA) is 58.4 Å². The Balaban J connectivity index is 1.74. The molecule has 2 aliphatic rings. The van der Waals surface area contributed by atoms with Gasteiger partial charge in [0.2, 0.25) is 5.91 Å². The van der Waals surface area contributed by atoms with Gasteiger partial charge in [-0.1, -0.05) is 6.42 Å². The summed E-state index contributed by atoms with van der Waals surface area (Å²) in [5.41, 5.74) is 5.96. The summed E-state index contributed by atoms with van der Waals surface area (Å²) in [6, 6.07) is 1.22. The van der Waals surface area contributed by atoms with Crippen LogP contribution in [0.3, 0.4) is 0 Å². The van der Waals surface area contributed by atoms with Crippen LogP contribution >= 0.6 is 0 Å². The van der Waals surface area contributed by atoms with Crippen molar-refractivity contribution in [1.29, 1.82) is 0 Å². The van der Waals surface area contributed by atoms with Gasteiger partial charge in [0.1, 0.15) is 0 Å². The number of nitrogens with one attached hydrogen (secondary N) is 1. The van der Waals surface area contributed by atoms with E-state index in [1.54, 1.807) is 0 Å². The van der Waals surface area contributed by atoms with Gasteiger partial charge in [0, 0.05) is 37.1 Å². The summed E-state index contributed by atoms with van der Waals surface area (Å²) in [4.78, 5) is 14.7. The van der Waals surface area contributed by atoms with E-state index in [1.807, 2.05) is 0 Å². The quantitative estimate of drug-likeness (QED) is 0.814. The molecule has 19 heavy (non-hydrogen) atoms. The monoisotopic (exact) mass is 267 g/mol. The second-order valence-corrected chi connectivity index (χ2v) is 6.54. The predicted octanol–water partition coefficient (Wildman–Crippen LogP) is 1.49. The van der Waals surface area contributed by atoms with Crippen molar-refractivity contribution < 1.29 is 4.79 Å². The van der Waals surface area contributed by atoms with Gasteiger partial charge < -0.3 is 16.0 Å². The SMILES string of the molecule is CC(C)N1CCC(NC(=O)C2CCCC(N)C2)CC1. The molecular formula is C15H29N3O. The van der Waals surface area contributed by atoms with E-state index in [9.17, 15) is 4.79 Å². The molecule has 1 aliphatic carbocycles. The van der Waals surface area contributed by atoms with Gasteiger partial charge in [-0.05, 0) is 46.0 Å². The number of hydrogen-bond acceptors (Lipinski definition) is 3. The Morgan fingerprint density at radius 1 is 1.21 bits per heavy atom. The van der Waals surface area contributed by atoms with Crippen LogP contribution in [0, 0.1) is 5.92 Å². The fraction of sp³-hybridized carbons (Fsp3) is 0.933. The molecule has 4 nitrogen and oxygen atoms in total. The molecule has 0 aromatic heterocycles. The molecule has 0 bridgehead atoms. The molecule has 4 heteroatoms. The molecule has 1 amide bonds. The number of carbonyl (C=O) groups excluding carboxylic acids is 1. The van der Waals surface area contributed by atoms with E-state index >= 15 is 0 Å². The van der Waals surface area contributed by atoms with E-state index in [-0.39, 0.29) is 17.9 Å². The summed E-state index contributed by atoms with van der Waals surface area (Å²) in [6.45, 7) is 6.68. The van der Waals surface area contributed by atoms with Crippen molar-refractivity contribution in [2.45, 2.75) is 70.5 Å². The average Bonchev–Trinajstić information content (AvgIpc) is 2.39. The summed E-state index contributed by atoms with van der Waals surface area (Å²) in [5.74, 6) is 0.407. The molecule has 0 aromatic rings. The van der Waals surface area contributed by atoms with Crippen molar-refractivity contribution in [3.05, 3.63) is 0 Å². The number of nitrogens with zero attached hydrogens (tertiary/aromatic N) is 1. The minimum Gasteiger partial charge on any atom is -0.353 e. The molecule has 3 N–H and O–H groups in total. The van der Waals surface area contributed by atoms with Crippen molar-refractivity contribution in [2.75, 3.05) is 13.1 Å². The minimum atomic E-state index is 0.159. The van der Waals surface area contributed by atoms with Gasteiger partial charge in [0.05, 0.1) is 0 Å². The van der Waals surface area contributed by atoms with Crippen molar-refractivity contribution in [3.8, 4) is 0 Å². The lowest BCUT2D eigenvalue weighted by molar-refractivity contribution is -0.127. The maximum Gasteiger partial charge on any atom is 0.223 e. The first-order chi connectivity index (χ1) is 9.06. The normalized spacial score (nSPS) is 30.5. The standard InChI is InChI=1S/C15H29N3O/c1-11(2)18-8-6-14(7-9-18)17-15(19)12-4-3-5-13(16)10-12/h11-14H,3-10,16H2,1-2H3,(H,17,19). The molecule has 2 unspecified atom stereocenters. The van der Waals surface area contributed by atoms with Crippen LogP contribution in [0.5, 0.6) is 0 Å². The van der Waals surface area contributed by atoms with Gasteiger partial charge in [0.15, 0.2) is 0 Å². The number of amides is 1. The predicted molar refractivity (Wildman–Crippen MR) is 77.8 cm³/mol. The van der Waals surface area contributed by atoms with Gasteiger partial charge in [-0.25, -0.2) is 0 Å². The molecule has 2 fully saturated rings. The van der Waals surface area contributed by atoms with E-state index in [1.165, 1.54) is 0 Å². The van der Waals surface area contributed by atoms with E-state index in [2.05, 4.69) is 24.1 Å². The average molecular weight is 267 g/mol. The summed E-state index contributed by atoms with van der Waals surface area (Å²) in [6.07, 6.45) is 6.24. The van der Waals surface area contributed by atoms with Gasteiger partial charge in [-0.2, -0.15) is 0 Å². The van der Waals surface area contributed by atoms with Crippen LogP contribution in [0.25, 0.3) is 0 Å². The Morgan fingerprint density at radius 2 is 1.89 bits per heavy atom. The third kappa shape index (κ3) is 4.18. The molecule has 2 rings (SSSR count). The van der Waals surface area contributed by atoms with E-state index < -0.39 is 0 Å². The number of piperidine rings is 1. The second kappa shape index (κ2) is 6.71. The van der Waals surface area contributed by atoms with Gasteiger partial charge in [-0.15, -0.1) is 0 Å². The summed E-state index contributed by atoms with van der Waals surface area (Å²) >= 11 is 0. The van der Waals surface area contributed by atoms with Crippen LogP contribution in [-0.2, 0) is 4.79 Å². The Hall–Kier alpha value is -0.610. The van der Waals surface area contributed by atoms with Crippen LogP contribution in [0.15, 0.2) is 0 Å². The van der Waals surface area contributed by atoms with Crippen molar-refractivity contribution in [3.63, 3.8) is 0 Å². The zero-order valence-corrected chi connectivity index (χ0v) is 12.4. The Bertz CT molecular complexity index is 298. The molecule has 0 spiro atoms. The smallest absolute Gasteiger partial charge is 0.223 e. The molecule has 110 valence electrons. The fourth-order valence-corrected chi connectivity index (χ4v) is 3.34. The maximum atomic E-state index is 12.2.